The van der Waals surface area contributed by atoms with Crippen molar-refractivity contribution in [1.29, 1.82) is 0 Å². The van der Waals surface area contributed by atoms with E-state index in [0.29, 0.717) is 28.0 Å². The predicted molar refractivity (Wildman–Crippen MR) is 80.0 cm³/mol. The molecule has 1 aliphatic rings. The summed E-state index contributed by atoms with van der Waals surface area (Å²) in [7, 11) is 0. The summed E-state index contributed by atoms with van der Waals surface area (Å²) in [5.41, 5.74) is 0.621. The highest BCUT2D eigenvalue weighted by Gasteiger charge is 2.29. The Hall–Kier alpha value is -0.900. The lowest BCUT2D eigenvalue weighted by molar-refractivity contribution is 0.0888. The van der Waals surface area contributed by atoms with Crippen molar-refractivity contribution in [2.24, 2.45) is 11.8 Å². The van der Waals surface area contributed by atoms with Gasteiger partial charge in [0.05, 0.1) is 5.56 Å². The zero-order valence-electron chi connectivity index (χ0n) is 11.5. The Morgan fingerprint density at radius 2 is 2.16 bits per heavy atom. The highest BCUT2D eigenvalue weighted by atomic mass is 79.9. The van der Waals surface area contributed by atoms with Gasteiger partial charge in [0.25, 0.3) is 5.91 Å². The van der Waals surface area contributed by atoms with Crippen molar-refractivity contribution in [2.45, 2.75) is 45.6 Å². The SMILES string of the molecule is CC(C)C1CCCCC1NC(=O)c1cccnc1Br. The van der Waals surface area contributed by atoms with E-state index in [1.54, 1.807) is 18.3 Å². The van der Waals surface area contributed by atoms with Crippen LogP contribution in [0.15, 0.2) is 22.9 Å². The Morgan fingerprint density at radius 3 is 2.84 bits per heavy atom. The first kappa shape index (κ1) is 14.5. The van der Waals surface area contributed by atoms with Gasteiger partial charge < -0.3 is 5.32 Å². The summed E-state index contributed by atoms with van der Waals surface area (Å²) in [6, 6.07) is 3.90. The molecule has 1 saturated carbocycles. The molecule has 0 bridgehead atoms. The van der Waals surface area contributed by atoms with Crippen molar-refractivity contribution in [2.75, 3.05) is 0 Å². The lowest BCUT2D eigenvalue weighted by Gasteiger charge is -2.34. The summed E-state index contributed by atoms with van der Waals surface area (Å²) < 4.78 is 0.615. The quantitative estimate of drug-likeness (QED) is 0.859. The molecular weight excluding hydrogens is 304 g/mol. The molecule has 0 aliphatic heterocycles. The molecule has 2 atom stereocenters. The van der Waals surface area contributed by atoms with E-state index in [9.17, 15) is 4.79 Å². The maximum atomic E-state index is 12.3. The van der Waals surface area contributed by atoms with Gasteiger partial charge in [0, 0.05) is 12.2 Å². The topological polar surface area (TPSA) is 42.0 Å². The first-order valence-electron chi connectivity index (χ1n) is 7.01. The van der Waals surface area contributed by atoms with Gasteiger partial charge in [-0.25, -0.2) is 4.98 Å². The summed E-state index contributed by atoms with van der Waals surface area (Å²) in [5, 5.41) is 3.20. The van der Waals surface area contributed by atoms with Gasteiger partial charge in [-0.05, 0) is 52.7 Å². The van der Waals surface area contributed by atoms with Crippen LogP contribution in [0.25, 0.3) is 0 Å². The fourth-order valence-corrected chi connectivity index (χ4v) is 3.37. The van der Waals surface area contributed by atoms with Gasteiger partial charge in [0.15, 0.2) is 0 Å². The van der Waals surface area contributed by atoms with Crippen LogP contribution in [0.4, 0.5) is 0 Å². The molecule has 0 aromatic carbocycles. The van der Waals surface area contributed by atoms with Gasteiger partial charge in [0.2, 0.25) is 0 Å². The standard InChI is InChI=1S/C15H21BrN2O/c1-10(2)11-6-3-4-8-13(11)18-15(19)12-7-5-9-17-14(12)16/h5,7,9-11,13H,3-4,6,8H2,1-2H3,(H,18,19). The third-order valence-electron chi connectivity index (χ3n) is 4.00. The number of halogens is 1. The van der Waals surface area contributed by atoms with Gasteiger partial charge in [0.1, 0.15) is 4.60 Å². The summed E-state index contributed by atoms with van der Waals surface area (Å²) in [4.78, 5) is 16.4. The number of nitrogens with zero attached hydrogens (tertiary/aromatic N) is 1. The number of rotatable bonds is 3. The second kappa shape index (κ2) is 6.51. The number of carbonyl (C=O) groups excluding carboxylic acids is 1. The molecule has 1 amide bonds. The van der Waals surface area contributed by atoms with E-state index < -0.39 is 0 Å². The molecule has 1 heterocycles. The Balaban J connectivity index is 2.07. The number of hydrogen-bond acceptors (Lipinski definition) is 2. The zero-order chi connectivity index (χ0) is 13.8. The minimum absolute atomic E-state index is 0.0162. The molecule has 2 unspecified atom stereocenters. The molecule has 19 heavy (non-hydrogen) atoms. The number of aromatic nitrogens is 1. The van der Waals surface area contributed by atoms with Crippen molar-refractivity contribution in [1.82, 2.24) is 10.3 Å². The van der Waals surface area contributed by atoms with E-state index in [0.717, 1.165) is 6.42 Å². The van der Waals surface area contributed by atoms with E-state index in [1.807, 2.05) is 0 Å². The smallest absolute Gasteiger partial charge is 0.254 e. The number of amides is 1. The molecule has 0 radical (unpaired) electrons. The lowest BCUT2D eigenvalue weighted by Crippen LogP contribution is -2.44. The summed E-state index contributed by atoms with van der Waals surface area (Å²) in [6.45, 7) is 4.49. The molecule has 1 aromatic heterocycles. The zero-order valence-corrected chi connectivity index (χ0v) is 13.1. The molecule has 3 nitrogen and oxygen atoms in total. The van der Waals surface area contributed by atoms with Crippen molar-refractivity contribution >= 4 is 21.8 Å². The fourth-order valence-electron chi connectivity index (χ4n) is 2.94. The minimum atomic E-state index is -0.0162. The third kappa shape index (κ3) is 3.56. The number of hydrogen-bond donors (Lipinski definition) is 1. The number of carbonyl (C=O) groups is 1. The monoisotopic (exact) mass is 324 g/mol. The van der Waals surface area contributed by atoms with Crippen LogP contribution in [0.2, 0.25) is 0 Å². The molecule has 1 fully saturated rings. The van der Waals surface area contributed by atoms with E-state index in [1.165, 1.54) is 19.3 Å². The van der Waals surface area contributed by atoms with Crippen LogP contribution >= 0.6 is 15.9 Å². The van der Waals surface area contributed by atoms with Crippen LogP contribution in [0, 0.1) is 11.8 Å². The molecule has 1 aliphatic carbocycles. The van der Waals surface area contributed by atoms with Crippen molar-refractivity contribution in [3.8, 4) is 0 Å². The van der Waals surface area contributed by atoms with Crippen LogP contribution in [-0.2, 0) is 0 Å². The van der Waals surface area contributed by atoms with Crippen molar-refractivity contribution < 1.29 is 4.79 Å². The highest BCUT2D eigenvalue weighted by molar-refractivity contribution is 9.10. The Bertz CT molecular complexity index is 448. The van der Waals surface area contributed by atoms with Gasteiger partial charge in [-0.3, -0.25) is 4.79 Å². The van der Waals surface area contributed by atoms with Crippen LogP contribution in [0.5, 0.6) is 0 Å². The molecule has 4 heteroatoms. The van der Waals surface area contributed by atoms with Crippen molar-refractivity contribution in [3.05, 3.63) is 28.5 Å². The van der Waals surface area contributed by atoms with Crippen LogP contribution in [0.3, 0.4) is 0 Å². The second-order valence-electron chi connectivity index (χ2n) is 5.61. The minimum Gasteiger partial charge on any atom is -0.349 e. The maximum Gasteiger partial charge on any atom is 0.254 e. The lowest BCUT2D eigenvalue weighted by atomic mass is 9.78. The molecule has 1 N–H and O–H groups in total. The molecule has 104 valence electrons. The first-order chi connectivity index (χ1) is 9.09. The fraction of sp³-hybridized carbons (Fsp3) is 0.600. The summed E-state index contributed by atoms with van der Waals surface area (Å²) in [6.07, 6.45) is 6.48. The van der Waals surface area contributed by atoms with Gasteiger partial charge in [-0.1, -0.05) is 26.7 Å². The summed E-state index contributed by atoms with van der Waals surface area (Å²) in [5.74, 6) is 1.19. The average molecular weight is 325 g/mol. The predicted octanol–water partition coefficient (Wildman–Crippen LogP) is 3.79. The Morgan fingerprint density at radius 1 is 1.42 bits per heavy atom. The molecular formula is C15H21BrN2O. The Kier molecular flexibility index (Phi) is 4.97. The third-order valence-corrected chi connectivity index (χ3v) is 4.63. The van der Waals surface area contributed by atoms with E-state index in [-0.39, 0.29) is 5.91 Å². The van der Waals surface area contributed by atoms with Gasteiger partial charge >= 0.3 is 0 Å². The molecule has 0 spiro atoms. The number of nitrogens with one attached hydrogen (secondary N) is 1. The van der Waals surface area contributed by atoms with Crippen LogP contribution < -0.4 is 5.32 Å². The second-order valence-corrected chi connectivity index (χ2v) is 6.37. The normalized spacial score (nSPS) is 23.4. The Labute approximate surface area is 123 Å². The molecule has 0 saturated heterocycles. The largest absolute Gasteiger partial charge is 0.349 e. The summed E-state index contributed by atoms with van der Waals surface area (Å²) >= 11 is 3.33. The first-order valence-corrected chi connectivity index (χ1v) is 7.80. The van der Waals surface area contributed by atoms with Crippen molar-refractivity contribution in [3.63, 3.8) is 0 Å². The van der Waals surface area contributed by atoms with Crippen LogP contribution in [-0.4, -0.2) is 16.9 Å². The van der Waals surface area contributed by atoms with E-state index in [4.69, 9.17) is 0 Å². The maximum absolute atomic E-state index is 12.3. The molecule has 1 aromatic rings. The molecule has 2 rings (SSSR count). The van der Waals surface area contributed by atoms with Gasteiger partial charge in [-0.2, -0.15) is 0 Å². The van der Waals surface area contributed by atoms with Gasteiger partial charge in [-0.15, -0.1) is 0 Å². The average Bonchev–Trinajstić information content (AvgIpc) is 2.39. The van der Waals surface area contributed by atoms with E-state index >= 15 is 0 Å². The van der Waals surface area contributed by atoms with Crippen LogP contribution in [0.1, 0.15) is 49.9 Å². The highest BCUT2D eigenvalue weighted by Crippen LogP contribution is 2.30. The number of pyridine rings is 1. The van der Waals surface area contributed by atoms with E-state index in [2.05, 4.69) is 40.1 Å².